The maximum Gasteiger partial charge on any atom is 0.243 e. The van der Waals surface area contributed by atoms with Crippen LogP contribution in [0.15, 0.2) is 23.1 Å². The molecule has 1 N–H and O–H groups in total. The van der Waals surface area contributed by atoms with Gasteiger partial charge in [0.25, 0.3) is 0 Å². The topological polar surface area (TPSA) is 66.8 Å². The third-order valence-corrected chi connectivity index (χ3v) is 5.70. The largest absolute Gasteiger partial charge is 0.495 e. The molecule has 0 spiro atoms. The smallest absolute Gasteiger partial charge is 0.243 e. The molecule has 0 saturated carbocycles. The lowest BCUT2D eigenvalue weighted by molar-refractivity contribution is 0.259. The standard InChI is InChI=1S/C13H18ClNO4S/c1-19-13-3-2-11(8-12(13)14)20(17,18)15-6-4-10(9-15)5-7-16/h2-3,8,10,16H,4-7,9H2,1H3. The molecular weight excluding hydrogens is 302 g/mol. The summed E-state index contributed by atoms with van der Waals surface area (Å²) in [5.74, 6) is 0.675. The van der Waals surface area contributed by atoms with Crippen molar-refractivity contribution in [2.24, 2.45) is 5.92 Å². The molecule has 0 bridgehead atoms. The number of sulfonamides is 1. The molecule has 0 aromatic heterocycles. The van der Waals surface area contributed by atoms with Crippen molar-refractivity contribution < 1.29 is 18.3 Å². The number of rotatable bonds is 5. The van der Waals surface area contributed by atoms with Crippen LogP contribution in [0.2, 0.25) is 5.02 Å². The zero-order chi connectivity index (χ0) is 14.8. The molecular formula is C13H18ClNO4S. The Bertz CT molecular complexity index is 576. The highest BCUT2D eigenvalue weighted by atomic mass is 35.5. The lowest BCUT2D eigenvalue weighted by Crippen LogP contribution is -2.29. The van der Waals surface area contributed by atoms with Crippen molar-refractivity contribution in [2.45, 2.75) is 17.7 Å². The van der Waals surface area contributed by atoms with Crippen molar-refractivity contribution in [3.05, 3.63) is 23.2 Å². The van der Waals surface area contributed by atoms with Gasteiger partial charge in [-0.3, -0.25) is 0 Å². The summed E-state index contributed by atoms with van der Waals surface area (Å²) in [4.78, 5) is 0.174. The Labute approximate surface area is 124 Å². The number of hydrogen-bond acceptors (Lipinski definition) is 4. The monoisotopic (exact) mass is 319 g/mol. The molecule has 1 fully saturated rings. The van der Waals surface area contributed by atoms with Gasteiger partial charge in [-0.15, -0.1) is 0 Å². The molecule has 7 heteroatoms. The second-order valence-corrected chi connectivity index (χ2v) is 7.17. The normalized spacial score (nSPS) is 20.2. The van der Waals surface area contributed by atoms with E-state index in [2.05, 4.69) is 0 Å². The minimum Gasteiger partial charge on any atom is -0.495 e. The van der Waals surface area contributed by atoms with Gasteiger partial charge in [0.2, 0.25) is 10.0 Å². The fraction of sp³-hybridized carbons (Fsp3) is 0.538. The predicted molar refractivity (Wildman–Crippen MR) is 76.6 cm³/mol. The highest BCUT2D eigenvalue weighted by molar-refractivity contribution is 7.89. The minimum atomic E-state index is -3.53. The summed E-state index contributed by atoms with van der Waals surface area (Å²) < 4.78 is 31.5. The van der Waals surface area contributed by atoms with Crippen molar-refractivity contribution in [1.82, 2.24) is 4.31 Å². The molecule has 1 aliphatic heterocycles. The molecule has 0 amide bonds. The quantitative estimate of drug-likeness (QED) is 0.897. The van der Waals surface area contributed by atoms with Gasteiger partial charge in [-0.05, 0) is 37.0 Å². The van der Waals surface area contributed by atoms with E-state index in [4.69, 9.17) is 21.4 Å². The summed E-state index contributed by atoms with van der Waals surface area (Å²) in [6, 6.07) is 4.46. The average Bonchev–Trinajstić information content (AvgIpc) is 2.88. The van der Waals surface area contributed by atoms with Crippen molar-refractivity contribution in [2.75, 3.05) is 26.8 Å². The van der Waals surface area contributed by atoms with E-state index in [1.165, 1.54) is 23.5 Å². The van der Waals surface area contributed by atoms with Crippen LogP contribution in [0.5, 0.6) is 5.75 Å². The van der Waals surface area contributed by atoms with Gasteiger partial charge in [-0.25, -0.2) is 8.42 Å². The van der Waals surface area contributed by atoms with Crippen LogP contribution < -0.4 is 4.74 Å². The van der Waals surface area contributed by atoms with Crippen molar-refractivity contribution >= 4 is 21.6 Å². The Kier molecular flexibility index (Phi) is 4.90. The number of nitrogens with zero attached hydrogens (tertiary/aromatic N) is 1. The average molecular weight is 320 g/mol. The maximum atomic E-state index is 12.5. The van der Waals surface area contributed by atoms with Gasteiger partial charge in [0.15, 0.2) is 0 Å². The van der Waals surface area contributed by atoms with E-state index in [1.54, 1.807) is 6.07 Å². The highest BCUT2D eigenvalue weighted by Gasteiger charge is 2.32. The van der Waals surface area contributed by atoms with Crippen LogP contribution in [0.3, 0.4) is 0 Å². The highest BCUT2D eigenvalue weighted by Crippen LogP contribution is 2.30. The summed E-state index contributed by atoms with van der Waals surface area (Å²) in [6.07, 6.45) is 1.42. The van der Waals surface area contributed by atoms with Gasteiger partial charge in [-0.1, -0.05) is 11.6 Å². The molecule has 1 aromatic carbocycles. The fourth-order valence-electron chi connectivity index (χ4n) is 2.39. The Morgan fingerprint density at radius 3 is 2.85 bits per heavy atom. The van der Waals surface area contributed by atoms with Gasteiger partial charge in [-0.2, -0.15) is 4.31 Å². The number of methoxy groups -OCH3 is 1. The number of aliphatic hydroxyl groups excluding tert-OH is 1. The molecule has 20 heavy (non-hydrogen) atoms. The van der Waals surface area contributed by atoms with E-state index in [-0.39, 0.29) is 22.4 Å². The van der Waals surface area contributed by atoms with E-state index in [0.717, 1.165) is 6.42 Å². The molecule has 1 unspecified atom stereocenters. The van der Waals surface area contributed by atoms with E-state index in [0.29, 0.717) is 25.3 Å². The van der Waals surface area contributed by atoms with Crippen LogP contribution in [0, 0.1) is 5.92 Å². The molecule has 1 saturated heterocycles. The van der Waals surface area contributed by atoms with Crippen molar-refractivity contribution in [3.8, 4) is 5.75 Å². The Morgan fingerprint density at radius 1 is 1.50 bits per heavy atom. The molecule has 1 heterocycles. The maximum absolute atomic E-state index is 12.5. The number of ether oxygens (including phenoxy) is 1. The van der Waals surface area contributed by atoms with Crippen LogP contribution in [0.4, 0.5) is 0 Å². The minimum absolute atomic E-state index is 0.0902. The number of hydrogen-bond donors (Lipinski definition) is 1. The SMILES string of the molecule is COc1ccc(S(=O)(=O)N2CCC(CCO)C2)cc1Cl. The van der Waals surface area contributed by atoms with Crippen LogP contribution >= 0.6 is 11.6 Å². The lowest BCUT2D eigenvalue weighted by Gasteiger charge is -2.17. The molecule has 0 aliphatic carbocycles. The van der Waals surface area contributed by atoms with Gasteiger partial charge in [0.1, 0.15) is 5.75 Å². The Morgan fingerprint density at radius 2 is 2.25 bits per heavy atom. The third kappa shape index (κ3) is 3.09. The molecule has 1 atom stereocenters. The summed E-state index contributed by atoms with van der Waals surface area (Å²) in [5, 5.41) is 9.21. The Hall–Kier alpha value is -0.820. The van der Waals surface area contributed by atoms with Gasteiger partial charge < -0.3 is 9.84 Å². The van der Waals surface area contributed by atoms with Crippen LogP contribution in [0.25, 0.3) is 0 Å². The first kappa shape index (κ1) is 15.6. The van der Waals surface area contributed by atoms with Gasteiger partial charge in [0.05, 0.1) is 17.0 Å². The second-order valence-electron chi connectivity index (χ2n) is 4.83. The third-order valence-electron chi connectivity index (χ3n) is 3.55. The first-order chi connectivity index (χ1) is 9.48. The summed E-state index contributed by atoms with van der Waals surface area (Å²) in [7, 11) is -2.04. The summed E-state index contributed by atoms with van der Waals surface area (Å²) >= 11 is 5.98. The van der Waals surface area contributed by atoms with Crippen LogP contribution in [0.1, 0.15) is 12.8 Å². The van der Waals surface area contributed by atoms with E-state index in [9.17, 15) is 8.42 Å². The van der Waals surface area contributed by atoms with E-state index < -0.39 is 10.0 Å². The number of halogens is 1. The summed E-state index contributed by atoms with van der Waals surface area (Å²) in [5.41, 5.74) is 0. The van der Waals surface area contributed by atoms with E-state index >= 15 is 0 Å². The molecule has 112 valence electrons. The molecule has 1 aromatic rings. The first-order valence-corrected chi connectivity index (χ1v) is 8.25. The fourth-order valence-corrected chi connectivity index (χ4v) is 4.27. The second kappa shape index (κ2) is 6.30. The van der Waals surface area contributed by atoms with Gasteiger partial charge >= 0.3 is 0 Å². The van der Waals surface area contributed by atoms with Gasteiger partial charge in [0, 0.05) is 19.7 Å². The predicted octanol–water partition coefficient (Wildman–Crippen LogP) is 1.74. The number of aliphatic hydroxyl groups is 1. The zero-order valence-corrected chi connectivity index (χ0v) is 12.8. The van der Waals surface area contributed by atoms with Crippen molar-refractivity contribution in [1.29, 1.82) is 0 Å². The molecule has 5 nitrogen and oxygen atoms in total. The summed E-state index contributed by atoms with van der Waals surface area (Å²) in [6.45, 7) is 1.02. The molecule has 2 rings (SSSR count). The first-order valence-electron chi connectivity index (χ1n) is 6.43. The van der Waals surface area contributed by atoms with Crippen LogP contribution in [-0.4, -0.2) is 44.6 Å². The zero-order valence-electron chi connectivity index (χ0n) is 11.3. The lowest BCUT2D eigenvalue weighted by atomic mass is 10.1. The Balaban J connectivity index is 2.21. The van der Waals surface area contributed by atoms with Crippen molar-refractivity contribution in [3.63, 3.8) is 0 Å². The molecule has 1 aliphatic rings. The number of benzene rings is 1. The van der Waals surface area contributed by atoms with E-state index in [1.807, 2.05) is 0 Å². The molecule has 0 radical (unpaired) electrons. The van der Waals surface area contributed by atoms with Crippen LogP contribution in [-0.2, 0) is 10.0 Å².